The summed E-state index contributed by atoms with van der Waals surface area (Å²) in [5.74, 6) is 1.67. The molecule has 0 radical (unpaired) electrons. The minimum Gasteiger partial charge on any atom is -0.454 e. The number of benzene rings is 2. The number of hydrogen-bond acceptors (Lipinski definition) is 8. The Morgan fingerprint density at radius 3 is 2.65 bits per heavy atom. The highest BCUT2D eigenvalue weighted by Gasteiger charge is 2.29. The molecule has 5 rings (SSSR count). The zero-order valence-electron chi connectivity index (χ0n) is 16.0. The molecule has 0 spiro atoms. The second-order valence-corrected chi connectivity index (χ2v) is 9.84. The average molecular weight is 476 g/mol. The first-order chi connectivity index (χ1) is 14.9. The molecule has 0 amide bonds. The van der Waals surface area contributed by atoms with Crippen LogP contribution < -0.4 is 13.8 Å². The van der Waals surface area contributed by atoms with Crippen LogP contribution in [0.2, 0.25) is 5.02 Å². The molecule has 3 heterocycles. The molecule has 0 saturated heterocycles. The van der Waals surface area contributed by atoms with Gasteiger partial charge in [-0.1, -0.05) is 16.8 Å². The van der Waals surface area contributed by atoms with Gasteiger partial charge < -0.3 is 14.0 Å². The molecule has 0 aliphatic carbocycles. The van der Waals surface area contributed by atoms with Crippen LogP contribution in [0.4, 0.5) is 5.69 Å². The Morgan fingerprint density at radius 1 is 1.06 bits per heavy atom. The van der Waals surface area contributed by atoms with Gasteiger partial charge >= 0.3 is 0 Å². The van der Waals surface area contributed by atoms with Gasteiger partial charge in [-0.25, -0.2) is 8.42 Å². The van der Waals surface area contributed by atoms with Crippen molar-refractivity contribution < 1.29 is 22.4 Å². The molecule has 158 valence electrons. The van der Waals surface area contributed by atoms with E-state index in [-0.39, 0.29) is 17.6 Å². The molecule has 1 aliphatic heterocycles. The highest BCUT2D eigenvalue weighted by molar-refractivity contribution is 7.93. The summed E-state index contributed by atoms with van der Waals surface area (Å²) >= 11 is 7.12. The number of fused-ring (bicyclic) bond motifs is 1. The van der Waals surface area contributed by atoms with Crippen molar-refractivity contribution >= 4 is 38.6 Å². The number of thiophene rings is 1. The number of ether oxygens (including phenoxy) is 2. The lowest BCUT2D eigenvalue weighted by Crippen LogP contribution is -2.26. The van der Waals surface area contributed by atoms with Crippen LogP contribution in [0.15, 0.2) is 63.3 Å². The highest BCUT2D eigenvalue weighted by atomic mass is 35.5. The summed E-state index contributed by atoms with van der Waals surface area (Å²) in [5.41, 5.74) is 1.15. The SMILES string of the molecule is CN(c1ccc(Cl)cc1)S(=O)(=O)c1ccsc1-c1nc(-c2ccc3c(c2)OCO3)no1. The number of aromatic nitrogens is 2. The van der Waals surface area contributed by atoms with Crippen molar-refractivity contribution in [3.05, 3.63) is 58.9 Å². The normalized spacial score (nSPS) is 12.8. The molecule has 0 unspecified atom stereocenters. The fourth-order valence-corrected chi connectivity index (χ4v) is 5.70. The van der Waals surface area contributed by atoms with Gasteiger partial charge in [-0.3, -0.25) is 4.31 Å². The first kappa shape index (κ1) is 19.9. The van der Waals surface area contributed by atoms with E-state index in [0.29, 0.717) is 38.5 Å². The molecule has 11 heteroatoms. The predicted octanol–water partition coefficient (Wildman–Crippen LogP) is 4.67. The zero-order valence-corrected chi connectivity index (χ0v) is 18.4. The summed E-state index contributed by atoms with van der Waals surface area (Å²) in [6.45, 7) is 0.161. The molecule has 4 aromatic rings. The van der Waals surface area contributed by atoms with Gasteiger partial charge in [0.15, 0.2) is 11.5 Å². The van der Waals surface area contributed by atoms with Crippen LogP contribution in [0.3, 0.4) is 0 Å². The van der Waals surface area contributed by atoms with Gasteiger partial charge in [-0.2, -0.15) is 4.98 Å². The predicted molar refractivity (Wildman–Crippen MR) is 116 cm³/mol. The summed E-state index contributed by atoms with van der Waals surface area (Å²) in [7, 11) is -2.39. The minimum atomic E-state index is -3.87. The van der Waals surface area contributed by atoms with E-state index in [4.69, 9.17) is 25.6 Å². The van der Waals surface area contributed by atoms with E-state index >= 15 is 0 Å². The third-order valence-electron chi connectivity index (χ3n) is 4.71. The number of hydrogen-bond donors (Lipinski definition) is 0. The monoisotopic (exact) mass is 475 g/mol. The van der Waals surface area contributed by atoms with Crippen molar-refractivity contribution in [3.63, 3.8) is 0 Å². The standard InChI is InChI=1S/C20H14ClN3O5S2/c1-24(14-5-3-13(21)4-6-14)31(25,26)17-8-9-30-18(17)20-22-19(23-29-20)12-2-7-15-16(10-12)28-11-27-15/h2-10H,11H2,1H3. The van der Waals surface area contributed by atoms with Crippen LogP contribution in [0.1, 0.15) is 0 Å². The van der Waals surface area contributed by atoms with Gasteiger partial charge in [0.25, 0.3) is 15.9 Å². The van der Waals surface area contributed by atoms with Crippen molar-refractivity contribution in [2.45, 2.75) is 4.90 Å². The Labute approximate surface area is 186 Å². The van der Waals surface area contributed by atoms with Crippen LogP contribution in [-0.4, -0.2) is 32.4 Å². The lowest BCUT2D eigenvalue weighted by Gasteiger charge is -2.19. The fourth-order valence-electron chi connectivity index (χ4n) is 3.06. The molecule has 2 aromatic carbocycles. The number of sulfonamides is 1. The van der Waals surface area contributed by atoms with Crippen LogP contribution in [-0.2, 0) is 10.0 Å². The molecule has 0 bridgehead atoms. The molecular weight excluding hydrogens is 462 g/mol. The summed E-state index contributed by atoms with van der Waals surface area (Å²) in [6, 6.07) is 13.3. The molecule has 8 nitrogen and oxygen atoms in total. The Bertz CT molecular complexity index is 1370. The van der Waals surface area contributed by atoms with E-state index in [2.05, 4.69) is 10.1 Å². The van der Waals surface area contributed by atoms with E-state index < -0.39 is 10.0 Å². The van der Waals surface area contributed by atoms with E-state index in [0.717, 1.165) is 0 Å². The van der Waals surface area contributed by atoms with Crippen LogP contribution in [0.25, 0.3) is 22.2 Å². The van der Waals surface area contributed by atoms with Gasteiger partial charge in [0.05, 0.1) is 5.69 Å². The van der Waals surface area contributed by atoms with E-state index in [1.807, 2.05) is 0 Å². The number of nitrogens with zero attached hydrogens (tertiary/aromatic N) is 3. The number of anilines is 1. The molecular formula is C20H14ClN3O5S2. The zero-order chi connectivity index (χ0) is 21.6. The second-order valence-electron chi connectivity index (χ2n) is 6.55. The second kappa shape index (κ2) is 7.56. The molecule has 0 N–H and O–H groups in total. The minimum absolute atomic E-state index is 0.0795. The maximum Gasteiger partial charge on any atom is 0.269 e. The van der Waals surface area contributed by atoms with Crippen molar-refractivity contribution in [1.82, 2.24) is 10.1 Å². The first-order valence-corrected chi connectivity index (χ1v) is 11.7. The van der Waals surface area contributed by atoms with Gasteiger partial charge in [-0.05, 0) is 53.9 Å². The Morgan fingerprint density at radius 2 is 1.84 bits per heavy atom. The largest absolute Gasteiger partial charge is 0.454 e. The van der Waals surface area contributed by atoms with E-state index in [1.165, 1.54) is 28.8 Å². The van der Waals surface area contributed by atoms with Crippen LogP contribution >= 0.6 is 22.9 Å². The van der Waals surface area contributed by atoms with Crippen molar-refractivity contribution in [1.29, 1.82) is 0 Å². The van der Waals surface area contributed by atoms with Gasteiger partial charge in [0.2, 0.25) is 12.6 Å². The molecule has 1 aliphatic rings. The first-order valence-electron chi connectivity index (χ1n) is 8.99. The Hall–Kier alpha value is -3.08. The maximum atomic E-state index is 13.3. The molecule has 2 aromatic heterocycles. The lowest BCUT2D eigenvalue weighted by molar-refractivity contribution is 0.174. The highest BCUT2D eigenvalue weighted by Crippen LogP contribution is 2.38. The number of rotatable bonds is 5. The summed E-state index contributed by atoms with van der Waals surface area (Å²) < 4.78 is 43.8. The summed E-state index contributed by atoms with van der Waals surface area (Å²) in [5, 5.41) is 6.19. The fraction of sp³-hybridized carbons (Fsp3) is 0.100. The van der Waals surface area contributed by atoms with Crippen LogP contribution in [0, 0.1) is 0 Å². The van der Waals surface area contributed by atoms with Gasteiger partial charge in [-0.15, -0.1) is 11.3 Å². The smallest absolute Gasteiger partial charge is 0.269 e. The lowest BCUT2D eigenvalue weighted by atomic mass is 10.2. The average Bonchev–Trinajstić information content (AvgIpc) is 3.53. The Balaban J connectivity index is 1.49. The van der Waals surface area contributed by atoms with E-state index in [1.54, 1.807) is 47.8 Å². The quantitative estimate of drug-likeness (QED) is 0.413. The molecule has 31 heavy (non-hydrogen) atoms. The molecule has 0 saturated carbocycles. The third kappa shape index (κ3) is 3.52. The van der Waals surface area contributed by atoms with Crippen molar-refractivity contribution in [2.75, 3.05) is 18.1 Å². The topological polar surface area (TPSA) is 94.8 Å². The summed E-state index contributed by atoms with van der Waals surface area (Å²) in [4.78, 5) is 4.84. The van der Waals surface area contributed by atoms with E-state index in [9.17, 15) is 8.42 Å². The van der Waals surface area contributed by atoms with Crippen molar-refractivity contribution in [2.24, 2.45) is 0 Å². The third-order valence-corrected chi connectivity index (χ3v) is 7.82. The van der Waals surface area contributed by atoms with Crippen LogP contribution in [0.5, 0.6) is 11.5 Å². The van der Waals surface area contributed by atoms with Gasteiger partial charge in [0, 0.05) is 17.6 Å². The van der Waals surface area contributed by atoms with Crippen molar-refractivity contribution in [3.8, 4) is 33.7 Å². The van der Waals surface area contributed by atoms with Gasteiger partial charge in [0.1, 0.15) is 9.77 Å². The Kier molecular flexibility index (Phi) is 4.84. The maximum absolute atomic E-state index is 13.3. The summed E-state index contributed by atoms with van der Waals surface area (Å²) in [6.07, 6.45) is 0. The molecule has 0 atom stereocenters. The number of halogens is 1. The molecule has 0 fully saturated rings.